The molecular weight excluding hydrogens is 404 g/mol. The first kappa shape index (κ1) is 19.8. The molecule has 0 fully saturated rings. The number of nitrogens with zero attached hydrogens (tertiary/aromatic N) is 1. The number of carbonyl (C=O) groups is 2. The summed E-state index contributed by atoms with van der Waals surface area (Å²) in [5.41, 5.74) is 0.303. The molecule has 146 valence electrons. The van der Waals surface area contributed by atoms with Crippen LogP contribution in [-0.2, 0) is 20.3 Å². The van der Waals surface area contributed by atoms with E-state index in [1.807, 2.05) is 0 Å². The van der Waals surface area contributed by atoms with Crippen molar-refractivity contribution in [2.75, 3.05) is 11.9 Å². The Balaban J connectivity index is 1.75. The smallest absolute Gasteiger partial charge is 0.357 e. The molecule has 0 unspecified atom stereocenters. The lowest BCUT2D eigenvalue weighted by Gasteiger charge is -2.05. The van der Waals surface area contributed by atoms with Crippen molar-refractivity contribution in [3.8, 4) is 0 Å². The standard InChI is InChI=1S/C18H16N2O6S2/c1-2-25-17(22)14-10-27-18(19-14)20-16(21)15-12(8-9-26-15)11-28(23,24)13-6-4-3-5-7-13/h3-10H,2,11H2,1H3,(H,19,20,21). The predicted molar refractivity (Wildman–Crippen MR) is 102 cm³/mol. The third-order valence-corrected chi connectivity index (χ3v) is 6.05. The number of ether oxygens (including phenoxy) is 1. The molecule has 0 atom stereocenters. The number of aromatic nitrogens is 1. The van der Waals surface area contributed by atoms with Gasteiger partial charge in [-0.05, 0) is 25.1 Å². The number of nitrogens with one attached hydrogen (secondary N) is 1. The van der Waals surface area contributed by atoms with Crippen molar-refractivity contribution < 1.29 is 27.2 Å². The largest absolute Gasteiger partial charge is 0.461 e. The van der Waals surface area contributed by atoms with Gasteiger partial charge in [-0.2, -0.15) is 0 Å². The van der Waals surface area contributed by atoms with Gasteiger partial charge in [-0.15, -0.1) is 11.3 Å². The summed E-state index contributed by atoms with van der Waals surface area (Å²) in [6.07, 6.45) is 1.25. The van der Waals surface area contributed by atoms with E-state index in [2.05, 4.69) is 10.3 Å². The minimum absolute atomic E-state index is 0.0773. The summed E-state index contributed by atoms with van der Waals surface area (Å²) in [6.45, 7) is 1.89. The zero-order chi connectivity index (χ0) is 20.1. The molecule has 1 N–H and O–H groups in total. The average Bonchev–Trinajstić information content (AvgIpc) is 3.32. The number of hydrogen-bond donors (Lipinski definition) is 1. The van der Waals surface area contributed by atoms with Gasteiger partial charge >= 0.3 is 5.97 Å². The monoisotopic (exact) mass is 420 g/mol. The first-order valence-corrected chi connectivity index (χ1v) is 10.7. The number of amides is 1. The molecule has 3 aromatic rings. The van der Waals surface area contributed by atoms with Crippen LogP contribution < -0.4 is 5.32 Å². The van der Waals surface area contributed by atoms with E-state index in [1.54, 1.807) is 25.1 Å². The number of carbonyl (C=O) groups excluding carboxylic acids is 2. The molecule has 0 radical (unpaired) electrons. The van der Waals surface area contributed by atoms with Crippen LogP contribution in [-0.4, -0.2) is 31.9 Å². The van der Waals surface area contributed by atoms with Gasteiger partial charge in [-0.25, -0.2) is 18.2 Å². The fraction of sp³-hybridized carbons (Fsp3) is 0.167. The average molecular weight is 420 g/mol. The lowest BCUT2D eigenvalue weighted by molar-refractivity contribution is 0.0520. The number of furan rings is 1. The van der Waals surface area contributed by atoms with Crippen molar-refractivity contribution in [1.82, 2.24) is 4.98 Å². The molecule has 3 rings (SSSR count). The zero-order valence-electron chi connectivity index (χ0n) is 14.7. The molecule has 0 bridgehead atoms. The van der Waals surface area contributed by atoms with E-state index in [9.17, 15) is 18.0 Å². The van der Waals surface area contributed by atoms with Crippen LogP contribution in [0.5, 0.6) is 0 Å². The van der Waals surface area contributed by atoms with E-state index in [0.29, 0.717) is 0 Å². The summed E-state index contributed by atoms with van der Waals surface area (Å²) in [7, 11) is -3.64. The van der Waals surface area contributed by atoms with Gasteiger partial charge < -0.3 is 9.15 Å². The van der Waals surface area contributed by atoms with E-state index in [0.717, 1.165) is 11.3 Å². The molecule has 10 heteroatoms. The summed E-state index contributed by atoms with van der Waals surface area (Å²) in [6, 6.07) is 9.37. The molecule has 0 aliphatic carbocycles. The molecule has 1 aromatic carbocycles. The number of anilines is 1. The van der Waals surface area contributed by atoms with Crippen LogP contribution in [0.3, 0.4) is 0 Å². The predicted octanol–water partition coefficient (Wildman–Crippen LogP) is 3.14. The first-order valence-electron chi connectivity index (χ1n) is 8.19. The van der Waals surface area contributed by atoms with Gasteiger partial charge in [0.05, 0.1) is 23.5 Å². The van der Waals surface area contributed by atoms with Gasteiger partial charge in [0.2, 0.25) is 0 Å². The second-order valence-corrected chi connectivity index (χ2v) is 8.41. The van der Waals surface area contributed by atoms with Crippen LogP contribution in [0.2, 0.25) is 0 Å². The fourth-order valence-corrected chi connectivity index (χ4v) is 4.40. The van der Waals surface area contributed by atoms with Crippen LogP contribution in [0.4, 0.5) is 5.13 Å². The van der Waals surface area contributed by atoms with Crippen molar-refractivity contribution >= 4 is 38.2 Å². The molecule has 0 saturated carbocycles. The maximum absolute atomic E-state index is 12.5. The molecule has 0 spiro atoms. The molecule has 0 saturated heterocycles. The highest BCUT2D eigenvalue weighted by Crippen LogP contribution is 2.22. The van der Waals surface area contributed by atoms with Crippen LogP contribution in [0.15, 0.2) is 57.4 Å². The SMILES string of the molecule is CCOC(=O)c1csc(NC(=O)c2occc2CS(=O)(=O)c2ccccc2)n1. The van der Waals surface area contributed by atoms with Crippen molar-refractivity contribution in [3.05, 3.63) is 65.1 Å². The van der Waals surface area contributed by atoms with E-state index in [1.165, 1.54) is 29.8 Å². The summed E-state index contributed by atoms with van der Waals surface area (Å²) < 4.78 is 35.1. The summed E-state index contributed by atoms with van der Waals surface area (Å²) in [4.78, 5) is 28.3. The zero-order valence-corrected chi connectivity index (χ0v) is 16.4. The Morgan fingerprint density at radius 1 is 1.21 bits per heavy atom. The van der Waals surface area contributed by atoms with E-state index in [-0.39, 0.29) is 39.4 Å². The Bertz CT molecular complexity index is 1090. The Labute approximate surface area is 165 Å². The first-order chi connectivity index (χ1) is 13.4. The van der Waals surface area contributed by atoms with E-state index < -0.39 is 21.7 Å². The third kappa shape index (κ3) is 4.46. The molecular formula is C18H16N2O6S2. The number of thiazole rings is 1. The lowest BCUT2D eigenvalue weighted by atomic mass is 10.3. The number of rotatable bonds is 7. The summed E-state index contributed by atoms with van der Waals surface area (Å²) >= 11 is 1.04. The molecule has 1 amide bonds. The number of esters is 1. The van der Waals surface area contributed by atoms with Gasteiger partial charge in [0, 0.05) is 10.9 Å². The number of sulfone groups is 1. The van der Waals surface area contributed by atoms with Crippen LogP contribution in [0, 0.1) is 0 Å². The molecule has 0 aliphatic rings. The molecule has 2 heterocycles. The highest BCUT2D eigenvalue weighted by atomic mass is 32.2. The van der Waals surface area contributed by atoms with Gasteiger partial charge in [0.15, 0.2) is 26.4 Å². The maximum Gasteiger partial charge on any atom is 0.357 e. The van der Waals surface area contributed by atoms with Crippen molar-refractivity contribution in [2.24, 2.45) is 0 Å². The van der Waals surface area contributed by atoms with Crippen molar-refractivity contribution in [1.29, 1.82) is 0 Å². The topological polar surface area (TPSA) is 116 Å². The summed E-state index contributed by atoms with van der Waals surface area (Å²) in [5.74, 6) is -1.77. The van der Waals surface area contributed by atoms with Crippen molar-refractivity contribution in [2.45, 2.75) is 17.6 Å². The molecule has 2 aromatic heterocycles. The Kier molecular flexibility index (Phi) is 5.90. The fourth-order valence-electron chi connectivity index (χ4n) is 2.35. The lowest BCUT2D eigenvalue weighted by Crippen LogP contribution is -2.15. The van der Waals surface area contributed by atoms with Gasteiger partial charge in [0.1, 0.15) is 0 Å². The highest BCUT2D eigenvalue weighted by molar-refractivity contribution is 7.90. The minimum atomic E-state index is -3.64. The van der Waals surface area contributed by atoms with E-state index in [4.69, 9.17) is 9.15 Å². The second-order valence-electron chi connectivity index (χ2n) is 5.56. The normalized spacial score (nSPS) is 11.2. The summed E-state index contributed by atoms with van der Waals surface area (Å²) in [5, 5.41) is 4.12. The quantitative estimate of drug-likeness (QED) is 0.584. The second kappa shape index (κ2) is 8.36. The van der Waals surface area contributed by atoms with Crippen LogP contribution in [0.25, 0.3) is 0 Å². The van der Waals surface area contributed by atoms with Gasteiger partial charge in [-0.3, -0.25) is 10.1 Å². The maximum atomic E-state index is 12.5. The molecule has 28 heavy (non-hydrogen) atoms. The van der Waals surface area contributed by atoms with Crippen LogP contribution >= 0.6 is 11.3 Å². The minimum Gasteiger partial charge on any atom is -0.461 e. The van der Waals surface area contributed by atoms with Gasteiger partial charge in [0.25, 0.3) is 5.91 Å². The third-order valence-electron chi connectivity index (χ3n) is 3.61. The highest BCUT2D eigenvalue weighted by Gasteiger charge is 2.23. The van der Waals surface area contributed by atoms with Gasteiger partial charge in [-0.1, -0.05) is 18.2 Å². The Hall–Kier alpha value is -2.98. The molecule has 0 aliphatic heterocycles. The Morgan fingerprint density at radius 3 is 2.68 bits per heavy atom. The van der Waals surface area contributed by atoms with E-state index >= 15 is 0 Å². The molecule has 8 nitrogen and oxygen atoms in total. The number of hydrogen-bond acceptors (Lipinski definition) is 8. The Morgan fingerprint density at radius 2 is 1.96 bits per heavy atom. The van der Waals surface area contributed by atoms with Crippen molar-refractivity contribution in [3.63, 3.8) is 0 Å². The number of benzene rings is 1. The van der Waals surface area contributed by atoms with Crippen LogP contribution in [0.1, 0.15) is 33.5 Å².